The summed E-state index contributed by atoms with van der Waals surface area (Å²) in [4.78, 5) is 12.4. The first-order valence-corrected chi connectivity index (χ1v) is 8.09. The number of carbonyl (C=O) groups is 1. The molecule has 1 aromatic carbocycles. The number of carbonyl (C=O) groups excluding carboxylic acids is 1. The minimum atomic E-state index is -0.0584. The monoisotopic (exact) mass is 310 g/mol. The van der Waals surface area contributed by atoms with Gasteiger partial charge in [0.15, 0.2) is 0 Å². The highest BCUT2D eigenvalue weighted by Gasteiger charge is 2.16. The van der Waals surface area contributed by atoms with E-state index in [1.165, 1.54) is 11.1 Å². The van der Waals surface area contributed by atoms with Crippen molar-refractivity contribution in [3.8, 4) is 0 Å². The van der Waals surface area contributed by atoms with Crippen molar-refractivity contribution in [2.45, 2.75) is 13.5 Å². The summed E-state index contributed by atoms with van der Waals surface area (Å²) in [6.07, 6.45) is 1.69. The summed E-state index contributed by atoms with van der Waals surface area (Å²) in [6, 6.07) is 12.3. The van der Waals surface area contributed by atoms with E-state index in [1.54, 1.807) is 17.4 Å². The Morgan fingerprint density at radius 3 is 2.95 bits per heavy atom. The number of hydrogen-bond donors (Lipinski definition) is 1. The minimum Gasteiger partial charge on any atom is -0.347 e. The number of thiophene rings is 1. The topological polar surface area (TPSA) is 34.0 Å². The van der Waals surface area contributed by atoms with Gasteiger partial charge in [-0.15, -0.1) is 17.9 Å². The standard InChI is InChI=1S/C18H18N2OS/c1-3-9-19-18(21)16-11-17-15(8-10-22-17)20(16)12-14-7-5-4-6-13(14)2/h3-8,10-11H,1,9,12H2,2H3,(H,19,21). The fourth-order valence-corrected chi connectivity index (χ4v) is 3.37. The Bertz CT molecular complexity index is 829. The Hall–Kier alpha value is -2.33. The van der Waals surface area contributed by atoms with Crippen LogP contribution in [0.3, 0.4) is 0 Å². The molecule has 0 atom stereocenters. The summed E-state index contributed by atoms with van der Waals surface area (Å²) in [5.74, 6) is -0.0584. The molecule has 0 spiro atoms. The van der Waals surface area contributed by atoms with Gasteiger partial charge in [-0.05, 0) is 35.6 Å². The second-order valence-electron chi connectivity index (χ2n) is 5.21. The number of rotatable bonds is 5. The molecule has 3 nitrogen and oxygen atoms in total. The third-order valence-electron chi connectivity index (χ3n) is 3.75. The highest BCUT2D eigenvalue weighted by molar-refractivity contribution is 7.17. The van der Waals surface area contributed by atoms with Crippen molar-refractivity contribution in [2.24, 2.45) is 0 Å². The molecule has 1 N–H and O–H groups in total. The summed E-state index contributed by atoms with van der Waals surface area (Å²) in [5.41, 5.74) is 4.27. The third-order valence-corrected chi connectivity index (χ3v) is 4.61. The van der Waals surface area contributed by atoms with E-state index >= 15 is 0 Å². The normalized spacial score (nSPS) is 10.8. The number of benzene rings is 1. The molecule has 0 unspecified atom stereocenters. The predicted molar refractivity (Wildman–Crippen MR) is 92.6 cm³/mol. The number of fused-ring (bicyclic) bond motifs is 1. The van der Waals surface area contributed by atoms with Crippen LogP contribution >= 0.6 is 11.3 Å². The van der Waals surface area contributed by atoms with E-state index in [1.807, 2.05) is 18.2 Å². The van der Waals surface area contributed by atoms with E-state index in [-0.39, 0.29) is 5.91 Å². The zero-order chi connectivity index (χ0) is 15.5. The maximum atomic E-state index is 12.4. The molecule has 0 saturated carbocycles. The Morgan fingerprint density at radius 2 is 2.18 bits per heavy atom. The second-order valence-corrected chi connectivity index (χ2v) is 6.16. The van der Waals surface area contributed by atoms with Gasteiger partial charge >= 0.3 is 0 Å². The fourth-order valence-electron chi connectivity index (χ4n) is 2.55. The average molecular weight is 310 g/mol. The zero-order valence-electron chi connectivity index (χ0n) is 12.5. The number of nitrogens with zero attached hydrogens (tertiary/aromatic N) is 1. The number of aryl methyl sites for hydroxylation is 1. The van der Waals surface area contributed by atoms with Crippen molar-refractivity contribution in [1.29, 1.82) is 0 Å². The van der Waals surface area contributed by atoms with Crippen molar-refractivity contribution in [2.75, 3.05) is 6.54 Å². The van der Waals surface area contributed by atoms with Gasteiger partial charge < -0.3 is 9.88 Å². The molecule has 4 heteroatoms. The summed E-state index contributed by atoms with van der Waals surface area (Å²) in [6.45, 7) is 6.91. The zero-order valence-corrected chi connectivity index (χ0v) is 13.3. The Labute approximate surface area is 133 Å². The van der Waals surface area contributed by atoms with Gasteiger partial charge in [-0.3, -0.25) is 4.79 Å². The van der Waals surface area contributed by atoms with Crippen molar-refractivity contribution < 1.29 is 4.79 Å². The van der Waals surface area contributed by atoms with Crippen molar-refractivity contribution in [3.05, 3.63) is 71.3 Å². The first-order chi connectivity index (χ1) is 10.7. The minimum absolute atomic E-state index is 0.0584. The fraction of sp³-hybridized carbons (Fsp3) is 0.167. The molecule has 2 heterocycles. The lowest BCUT2D eigenvalue weighted by molar-refractivity contribution is 0.0949. The molecule has 3 rings (SSSR count). The first-order valence-electron chi connectivity index (χ1n) is 7.21. The molecule has 0 bridgehead atoms. The summed E-state index contributed by atoms with van der Waals surface area (Å²) in [7, 11) is 0. The van der Waals surface area contributed by atoms with Crippen LogP contribution in [-0.2, 0) is 6.54 Å². The number of amides is 1. The summed E-state index contributed by atoms with van der Waals surface area (Å²) in [5, 5.41) is 4.93. The Kier molecular flexibility index (Phi) is 4.11. The maximum Gasteiger partial charge on any atom is 0.268 e. The maximum absolute atomic E-state index is 12.4. The summed E-state index contributed by atoms with van der Waals surface area (Å²) >= 11 is 1.66. The molecular formula is C18H18N2OS. The van der Waals surface area contributed by atoms with Gasteiger partial charge in [0.1, 0.15) is 5.69 Å². The highest BCUT2D eigenvalue weighted by Crippen LogP contribution is 2.26. The molecule has 0 aliphatic heterocycles. The molecule has 0 radical (unpaired) electrons. The highest BCUT2D eigenvalue weighted by atomic mass is 32.1. The van der Waals surface area contributed by atoms with Crippen molar-refractivity contribution in [3.63, 3.8) is 0 Å². The van der Waals surface area contributed by atoms with Gasteiger partial charge in [0, 0.05) is 13.1 Å². The predicted octanol–water partition coefficient (Wildman–Crippen LogP) is 3.98. The lowest BCUT2D eigenvalue weighted by Crippen LogP contribution is -2.26. The van der Waals surface area contributed by atoms with E-state index in [4.69, 9.17) is 0 Å². The summed E-state index contributed by atoms with van der Waals surface area (Å²) < 4.78 is 3.23. The number of nitrogens with one attached hydrogen (secondary N) is 1. The van der Waals surface area contributed by atoms with Gasteiger partial charge in [0.05, 0.1) is 10.2 Å². The average Bonchev–Trinajstić information content (AvgIpc) is 3.09. The van der Waals surface area contributed by atoms with E-state index in [0.29, 0.717) is 18.8 Å². The van der Waals surface area contributed by atoms with Crippen LogP contribution in [0.5, 0.6) is 0 Å². The lowest BCUT2D eigenvalue weighted by Gasteiger charge is -2.12. The Morgan fingerprint density at radius 1 is 1.36 bits per heavy atom. The largest absolute Gasteiger partial charge is 0.347 e. The van der Waals surface area contributed by atoms with E-state index in [9.17, 15) is 4.79 Å². The number of hydrogen-bond acceptors (Lipinski definition) is 2. The van der Waals surface area contributed by atoms with Crippen molar-refractivity contribution >= 4 is 27.5 Å². The molecule has 0 fully saturated rings. The number of aromatic nitrogens is 1. The van der Waals surface area contributed by atoms with Crippen molar-refractivity contribution in [1.82, 2.24) is 9.88 Å². The van der Waals surface area contributed by atoms with E-state index in [2.05, 4.69) is 47.0 Å². The molecule has 2 aromatic heterocycles. The third kappa shape index (κ3) is 2.70. The van der Waals surface area contributed by atoms with Gasteiger partial charge in [0.2, 0.25) is 0 Å². The van der Waals surface area contributed by atoms with Gasteiger partial charge in [0.25, 0.3) is 5.91 Å². The van der Waals surface area contributed by atoms with Crippen LogP contribution in [0.4, 0.5) is 0 Å². The van der Waals surface area contributed by atoms with Gasteiger partial charge in [-0.1, -0.05) is 30.3 Å². The second kappa shape index (κ2) is 6.20. The van der Waals surface area contributed by atoms with Crippen LogP contribution in [0, 0.1) is 6.92 Å². The molecule has 0 saturated heterocycles. The van der Waals surface area contributed by atoms with Gasteiger partial charge in [-0.25, -0.2) is 0 Å². The smallest absolute Gasteiger partial charge is 0.268 e. The van der Waals surface area contributed by atoms with Crippen LogP contribution in [0.1, 0.15) is 21.6 Å². The molecule has 3 aromatic rings. The molecule has 1 amide bonds. The quantitative estimate of drug-likeness (QED) is 0.711. The van der Waals surface area contributed by atoms with Crippen LogP contribution in [0.25, 0.3) is 10.2 Å². The molecule has 0 aliphatic carbocycles. The molecule has 112 valence electrons. The van der Waals surface area contributed by atoms with Crippen LogP contribution in [-0.4, -0.2) is 17.0 Å². The molecule has 0 aliphatic rings. The Balaban J connectivity index is 2.02. The molecule has 22 heavy (non-hydrogen) atoms. The van der Waals surface area contributed by atoms with Crippen LogP contribution in [0.2, 0.25) is 0 Å². The van der Waals surface area contributed by atoms with Gasteiger partial charge in [-0.2, -0.15) is 0 Å². The van der Waals surface area contributed by atoms with Crippen LogP contribution in [0.15, 0.2) is 54.4 Å². The lowest BCUT2D eigenvalue weighted by atomic mass is 10.1. The van der Waals surface area contributed by atoms with E-state index < -0.39 is 0 Å². The van der Waals surface area contributed by atoms with E-state index in [0.717, 1.165) is 10.2 Å². The SMILES string of the molecule is C=CCNC(=O)c1cc2sccc2n1Cc1ccccc1C. The molecular weight excluding hydrogens is 292 g/mol. The first kappa shape index (κ1) is 14.6. The van der Waals surface area contributed by atoms with Crippen LogP contribution < -0.4 is 5.32 Å².